The number of hydrogen-bond acceptors (Lipinski definition) is 4. The van der Waals surface area contributed by atoms with Crippen LogP contribution in [0.5, 0.6) is 0 Å². The second-order valence-electron chi connectivity index (χ2n) is 7.41. The third-order valence-electron chi connectivity index (χ3n) is 5.66. The van der Waals surface area contributed by atoms with E-state index in [1.54, 1.807) is 12.7 Å². The SMILES string of the molecule is NCC1(CC(=O)N2CCCC(Cn3cncn3)C2)CCCCC1. The van der Waals surface area contributed by atoms with Crippen molar-refractivity contribution in [3.8, 4) is 0 Å². The molecule has 3 rings (SSSR count). The van der Waals surface area contributed by atoms with Crippen LogP contribution in [0.4, 0.5) is 0 Å². The fourth-order valence-corrected chi connectivity index (χ4v) is 4.22. The Balaban J connectivity index is 1.56. The van der Waals surface area contributed by atoms with Crippen molar-refractivity contribution in [3.05, 3.63) is 12.7 Å². The number of rotatable bonds is 5. The van der Waals surface area contributed by atoms with Crippen LogP contribution in [0.15, 0.2) is 12.7 Å². The Morgan fingerprint density at radius 2 is 2.09 bits per heavy atom. The molecule has 2 fully saturated rings. The molecule has 6 nitrogen and oxygen atoms in total. The summed E-state index contributed by atoms with van der Waals surface area (Å²) in [7, 11) is 0. The van der Waals surface area contributed by atoms with E-state index in [1.807, 2.05) is 4.68 Å². The summed E-state index contributed by atoms with van der Waals surface area (Å²) in [4.78, 5) is 18.9. The van der Waals surface area contributed by atoms with Crippen molar-refractivity contribution in [1.29, 1.82) is 0 Å². The number of carbonyl (C=O) groups is 1. The van der Waals surface area contributed by atoms with Gasteiger partial charge in [-0.25, -0.2) is 4.98 Å². The van der Waals surface area contributed by atoms with E-state index in [4.69, 9.17) is 5.73 Å². The summed E-state index contributed by atoms with van der Waals surface area (Å²) < 4.78 is 1.88. The smallest absolute Gasteiger partial charge is 0.223 e. The van der Waals surface area contributed by atoms with E-state index in [0.717, 1.165) is 45.3 Å². The van der Waals surface area contributed by atoms with Gasteiger partial charge in [-0.05, 0) is 43.6 Å². The highest BCUT2D eigenvalue weighted by Gasteiger charge is 2.35. The van der Waals surface area contributed by atoms with Crippen LogP contribution in [0.3, 0.4) is 0 Å². The molecule has 1 aliphatic carbocycles. The van der Waals surface area contributed by atoms with Gasteiger partial charge in [0.2, 0.25) is 5.91 Å². The van der Waals surface area contributed by atoms with Gasteiger partial charge in [-0.2, -0.15) is 5.10 Å². The minimum atomic E-state index is 0.0637. The van der Waals surface area contributed by atoms with E-state index >= 15 is 0 Å². The van der Waals surface area contributed by atoms with Gasteiger partial charge in [0.05, 0.1) is 0 Å². The lowest BCUT2D eigenvalue weighted by atomic mass is 9.71. The fourth-order valence-electron chi connectivity index (χ4n) is 4.22. The van der Waals surface area contributed by atoms with Crippen LogP contribution in [0.2, 0.25) is 0 Å². The first-order chi connectivity index (χ1) is 11.2. The Hall–Kier alpha value is -1.43. The molecule has 2 heterocycles. The maximum Gasteiger partial charge on any atom is 0.223 e. The molecule has 0 aromatic carbocycles. The first-order valence-corrected chi connectivity index (χ1v) is 9.01. The molecule has 128 valence electrons. The van der Waals surface area contributed by atoms with Crippen LogP contribution in [0, 0.1) is 11.3 Å². The second kappa shape index (κ2) is 7.43. The summed E-state index contributed by atoms with van der Waals surface area (Å²) in [6.07, 6.45) is 12.2. The zero-order chi connectivity index (χ0) is 16.1. The van der Waals surface area contributed by atoms with Gasteiger partial charge in [0, 0.05) is 26.1 Å². The van der Waals surface area contributed by atoms with Crippen molar-refractivity contribution < 1.29 is 4.79 Å². The number of nitrogens with two attached hydrogens (primary N) is 1. The standard InChI is InChI=1S/C17H29N5O/c18-12-17(6-2-1-3-7-17)9-16(23)21-8-4-5-15(10-21)11-22-14-19-13-20-22/h13-15H,1-12,18H2. The van der Waals surface area contributed by atoms with E-state index in [0.29, 0.717) is 24.8 Å². The second-order valence-corrected chi connectivity index (χ2v) is 7.41. The van der Waals surface area contributed by atoms with Gasteiger partial charge in [-0.15, -0.1) is 0 Å². The van der Waals surface area contributed by atoms with Crippen LogP contribution in [0.1, 0.15) is 51.4 Å². The van der Waals surface area contributed by atoms with Gasteiger partial charge in [0.25, 0.3) is 0 Å². The van der Waals surface area contributed by atoms with Crippen LogP contribution in [0.25, 0.3) is 0 Å². The summed E-state index contributed by atoms with van der Waals surface area (Å²) >= 11 is 0. The number of aromatic nitrogens is 3. The van der Waals surface area contributed by atoms with E-state index < -0.39 is 0 Å². The normalized spacial score (nSPS) is 24.6. The largest absolute Gasteiger partial charge is 0.342 e. The first kappa shape index (κ1) is 16.4. The monoisotopic (exact) mass is 319 g/mol. The van der Waals surface area contributed by atoms with Crippen molar-refractivity contribution in [3.63, 3.8) is 0 Å². The first-order valence-electron chi connectivity index (χ1n) is 9.01. The lowest BCUT2D eigenvalue weighted by Crippen LogP contribution is -2.45. The highest BCUT2D eigenvalue weighted by atomic mass is 16.2. The third kappa shape index (κ3) is 4.10. The number of likely N-dealkylation sites (tertiary alicyclic amines) is 1. The van der Waals surface area contributed by atoms with Crippen molar-refractivity contribution in [1.82, 2.24) is 19.7 Å². The summed E-state index contributed by atoms with van der Waals surface area (Å²) in [5.74, 6) is 0.787. The Morgan fingerprint density at radius 3 is 2.78 bits per heavy atom. The molecule has 1 saturated carbocycles. The van der Waals surface area contributed by atoms with E-state index in [1.165, 1.54) is 19.3 Å². The zero-order valence-electron chi connectivity index (χ0n) is 14.0. The third-order valence-corrected chi connectivity index (χ3v) is 5.66. The predicted molar refractivity (Wildman–Crippen MR) is 88.5 cm³/mol. The maximum absolute atomic E-state index is 12.8. The molecule has 1 aromatic rings. The average molecular weight is 319 g/mol. The minimum Gasteiger partial charge on any atom is -0.342 e. The van der Waals surface area contributed by atoms with E-state index in [2.05, 4.69) is 15.0 Å². The molecule has 0 spiro atoms. The number of carbonyl (C=O) groups excluding carboxylic acids is 1. The lowest BCUT2D eigenvalue weighted by Gasteiger charge is -2.39. The van der Waals surface area contributed by atoms with Gasteiger partial charge < -0.3 is 10.6 Å². The molecule has 1 atom stereocenters. The van der Waals surface area contributed by atoms with Gasteiger partial charge in [-0.1, -0.05) is 19.3 Å². The number of hydrogen-bond donors (Lipinski definition) is 1. The molecule has 2 N–H and O–H groups in total. The van der Waals surface area contributed by atoms with Crippen molar-refractivity contribution in [2.45, 2.75) is 57.9 Å². The van der Waals surface area contributed by atoms with Gasteiger partial charge >= 0.3 is 0 Å². The summed E-state index contributed by atoms with van der Waals surface area (Å²) in [5, 5.41) is 4.18. The molecule has 1 unspecified atom stereocenters. The van der Waals surface area contributed by atoms with Gasteiger partial charge in [0.15, 0.2) is 0 Å². The van der Waals surface area contributed by atoms with Crippen LogP contribution < -0.4 is 5.73 Å². The molecular weight excluding hydrogens is 290 g/mol. The Labute approximate surface area is 138 Å². The molecule has 1 aromatic heterocycles. The van der Waals surface area contributed by atoms with Gasteiger partial charge in [-0.3, -0.25) is 9.48 Å². The molecule has 1 aliphatic heterocycles. The summed E-state index contributed by atoms with van der Waals surface area (Å²) in [6.45, 7) is 3.24. The Bertz CT molecular complexity index is 495. The Kier molecular flexibility index (Phi) is 5.30. The molecular formula is C17H29N5O. The highest BCUT2D eigenvalue weighted by molar-refractivity contribution is 5.77. The zero-order valence-corrected chi connectivity index (χ0v) is 14.0. The van der Waals surface area contributed by atoms with Crippen molar-refractivity contribution in [2.24, 2.45) is 17.1 Å². The van der Waals surface area contributed by atoms with Crippen molar-refractivity contribution >= 4 is 5.91 Å². The number of piperidine rings is 1. The predicted octanol–water partition coefficient (Wildman–Crippen LogP) is 1.82. The average Bonchev–Trinajstić information content (AvgIpc) is 3.09. The van der Waals surface area contributed by atoms with Gasteiger partial charge in [0.1, 0.15) is 12.7 Å². The Morgan fingerprint density at radius 1 is 1.26 bits per heavy atom. The van der Waals surface area contributed by atoms with E-state index in [-0.39, 0.29) is 5.41 Å². The van der Waals surface area contributed by atoms with Crippen LogP contribution in [-0.4, -0.2) is 45.2 Å². The van der Waals surface area contributed by atoms with E-state index in [9.17, 15) is 4.79 Å². The van der Waals surface area contributed by atoms with Crippen LogP contribution in [-0.2, 0) is 11.3 Å². The molecule has 6 heteroatoms. The lowest BCUT2D eigenvalue weighted by molar-refractivity contribution is -0.136. The molecule has 0 radical (unpaired) electrons. The number of nitrogens with zero attached hydrogens (tertiary/aromatic N) is 4. The quantitative estimate of drug-likeness (QED) is 0.898. The summed E-state index contributed by atoms with van der Waals surface area (Å²) in [6, 6.07) is 0. The fraction of sp³-hybridized carbons (Fsp3) is 0.824. The van der Waals surface area contributed by atoms with Crippen molar-refractivity contribution in [2.75, 3.05) is 19.6 Å². The molecule has 23 heavy (non-hydrogen) atoms. The maximum atomic E-state index is 12.8. The number of amides is 1. The highest BCUT2D eigenvalue weighted by Crippen LogP contribution is 2.39. The molecule has 2 aliphatic rings. The van der Waals surface area contributed by atoms with Crippen LogP contribution >= 0.6 is 0 Å². The molecule has 1 amide bonds. The topological polar surface area (TPSA) is 77.0 Å². The minimum absolute atomic E-state index is 0.0637. The summed E-state index contributed by atoms with van der Waals surface area (Å²) in [5.41, 5.74) is 6.11. The molecule has 1 saturated heterocycles. The molecule has 0 bridgehead atoms.